The van der Waals surface area contributed by atoms with Gasteiger partial charge in [0.25, 0.3) is 6.71 Å². The molecule has 3 aliphatic heterocycles. The van der Waals surface area contributed by atoms with E-state index in [2.05, 4.69) is 223 Å². The van der Waals surface area contributed by atoms with Crippen LogP contribution in [0.4, 0.5) is 34.1 Å². The van der Waals surface area contributed by atoms with E-state index in [0.717, 1.165) is 12.8 Å². The van der Waals surface area contributed by atoms with Gasteiger partial charge in [0.1, 0.15) is 0 Å². The summed E-state index contributed by atoms with van der Waals surface area (Å²) in [6.45, 7) is 36.5. The van der Waals surface area contributed by atoms with Crippen molar-refractivity contribution in [2.45, 2.75) is 156 Å². The molecule has 0 N–H and O–H groups in total. The van der Waals surface area contributed by atoms with E-state index in [1.165, 1.54) is 116 Å². The van der Waals surface area contributed by atoms with Gasteiger partial charge in [-0.3, -0.25) is 0 Å². The average Bonchev–Trinajstić information content (AvgIpc) is 3.62. The lowest BCUT2D eigenvalue weighted by Crippen LogP contribution is -2.61. The molecule has 4 heteroatoms. The van der Waals surface area contributed by atoms with Crippen LogP contribution >= 0.6 is 11.3 Å². The van der Waals surface area contributed by atoms with E-state index in [4.69, 9.17) is 0 Å². The standard InChI is InChI=1S/C62H69BN2S/c1-37-29-49-53-50(30-37)65(48-25-21-39(57(2,3)4)34-44(48)38-19-17-16-18-20-38)55-47(24-23-46-52(55)60(10,11)28-27-59(46,8)9)63(53)56-54-45-35-40(22-26-51(45)66-56)61(12,13)36-62(14,15)42-31-41(58(5,6)7)32-43(33-42)64(49)54/h16-26,29-35H,27-28,36H2,1-15H3. The Kier molecular flexibility index (Phi) is 9.23. The average molecular weight is 885 g/mol. The van der Waals surface area contributed by atoms with Crippen LogP contribution in [0, 0.1) is 6.92 Å². The van der Waals surface area contributed by atoms with Crippen LogP contribution < -0.4 is 25.5 Å². The van der Waals surface area contributed by atoms with Gasteiger partial charge in [-0.15, -0.1) is 11.3 Å². The molecule has 0 fully saturated rings. The van der Waals surface area contributed by atoms with Crippen LogP contribution in [0.15, 0.2) is 109 Å². The predicted octanol–water partition coefficient (Wildman–Crippen LogP) is 15.9. The molecular weight excluding hydrogens is 816 g/mol. The number of hydrogen-bond acceptors (Lipinski definition) is 3. The molecule has 0 saturated carbocycles. The summed E-state index contributed by atoms with van der Waals surface area (Å²) in [7, 11) is 0. The van der Waals surface area contributed by atoms with E-state index >= 15 is 0 Å². The molecule has 4 heterocycles. The van der Waals surface area contributed by atoms with Crippen LogP contribution in [0.5, 0.6) is 0 Å². The Bertz CT molecular complexity index is 3160. The summed E-state index contributed by atoms with van der Waals surface area (Å²) in [5.74, 6) is 0. The molecule has 2 nitrogen and oxygen atoms in total. The highest BCUT2D eigenvalue weighted by atomic mass is 32.1. The lowest BCUT2D eigenvalue weighted by atomic mass is 9.35. The summed E-state index contributed by atoms with van der Waals surface area (Å²) in [4.78, 5) is 5.49. The quantitative estimate of drug-likeness (QED) is 0.160. The third-order valence-electron chi connectivity index (χ3n) is 16.4. The maximum atomic E-state index is 2.76. The minimum Gasteiger partial charge on any atom is -0.310 e. The van der Waals surface area contributed by atoms with Crippen LogP contribution in [-0.2, 0) is 32.5 Å². The molecule has 0 amide bonds. The number of rotatable bonds is 2. The summed E-state index contributed by atoms with van der Waals surface area (Å²) in [6.07, 6.45) is 3.36. The molecule has 4 bridgehead atoms. The lowest BCUT2D eigenvalue weighted by molar-refractivity contribution is 0.333. The van der Waals surface area contributed by atoms with Gasteiger partial charge < -0.3 is 9.80 Å². The summed E-state index contributed by atoms with van der Waals surface area (Å²) >= 11 is 2.03. The number of anilines is 6. The van der Waals surface area contributed by atoms with E-state index in [9.17, 15) is 0 Å². The Morgan fingerprint density at radius 2 is 1.23 bits per heavy atom. The maximum Gasteiger partial charge on any atom is 0.264 e. The number of benzene rings is 6. The Balaban J connectivity index is 1.32. The maximum absolute atomic E-state index is 2.76. The molecular formula is C62H69BN2S. The van der Waals surface area contributed by atoms with E-state index in [1.54, 1.807) is 0 Å². The highest BCUT2D eigenvalue weighted by Gasteiger charge is 2.50. The largest absolute Gasteiger partial charge is 0.310 e. The minimum atomic E-state index is -0.0684. The second-order valence-corrected chi connectivity index (χ2v) is 26.4. The Morgan fingerprint density at radius 1 is 0.561 bits per heavy atom. The van der Waals surface area contributed by atoms with Crippen molar-refractivity contribution in [1.29, 1.82) is 0 Å². The molecule has 0 radical (unpaired) electrons. The van der Waals surface area contributed by atoms with Gasteiger partial charge in [-0.25, -0.2) is 0 Å². The molecule has 0 unspecified atom stereocenters. The zero-order chi connectivity index (χ0) is 46.8. The zero-order valence-electron chi connectivity index (χ0n) is 42.4. The number of fused-ring (bicyclic) bond motifs is 10. The van der Waals surface area contributed by atoms with Gasteiger partial charge in [0.05, 0.1) is 11.4 Å². The molecule has 0 spiro atoms. The first kappa shape index (κ1) is 43.5. The van der Waals surface area contributed by atoms with Crippen LogP contribution in [0.1, 0.15) is 155 Å². The number of thiophene rings is 1. The molecule has 4 aliphatic rings. The Labute approximate surface area is 400 Å². The smallest absolute Gasteiger partial charge is 0.264 e. The Morgan fingerprint density at radius 3 is 1.92 bits per heavy atom. The van der Waals surface area contributed by atoms with Crippen molar-refractivity contribution >= 4 is 78.0 Å². The molecule has 0 saturated heterocycles. The topological polar surface area (TPSA) is 6.48 Å². The van der Waals surface area contributed by atoms with Gasteiger partial charge in [-0.1, -0.05) is 158 Å². The number of nitrogens with zero attached hydrogens (tertiary/aromatic N) is 2. The van der Waals surface area contributed by atoms with Crippen LogP contribution in [0.25, 0.3) is 21.2 Å². The van der Waals surface area contributed by atoms with Crippen LogP contribution in [0.2, 0.25) is 0 Å². The van der Waals surface area contributed by atoms with E-state index in [0.29, 0.717) is 0 Å². The van der Waals surface area contributed by atoms with Gasteiger partial charge in [0.15, 0.2) is 0 Å². The van der Waals surface area contributed by atoms with Gasteiger partial charge >= 0.3 is 0 Å². The predicted molar refractivity (Wildman–Crippen MR) is 289 cm³/mol. The zero-order valence-corrected chi connectivity index (χ0v) is 43.2. The molecule has 7 aromatic rings. The highest BCUT2D eigenvalue weighted by molar-refractivity contribution is 7.33. The van der Waals surface area contributed by atoms with Gasteiger partial charge in [0, 0.05) is 43.2 Å². The third kappa shape index (κ3) is 6.47. The first-order chi connectivity index (χ1) is 30.9. The highest BCUT2D eigenvalue weighted by Crippen LogP contribution is 2.56. The number of aryl methyl sites for hydroxylation is 1. The minimum absolute atomic E-state index is 0.00966. The first-order valence-corrected chi connectivity index (χ1v) is 25.5. The molecule has 336 valence electrons. The third-order valence-corrected chi connectivity index (χ3v) is 17.7. The summed E-state index contributed by atoms with van der Waals surface area (Å²) in [5, 5.41) is 1.38. The fourth-order valence-corrected chi connectivity index (χ4v) is 14.0. The van der Waals surface area contributed by atoms with Crippen molar-refractivity contribution in [2.24, 2.45) is 0 Å². The second kappa shape index (κ2) is 14.0. The van der Waals surface area contributed by atoms with Crippen molar-refractivity contribution in [3.05, 3.63) is 148 Å². The van der Waals surface area contributed by atoms with E-state index < -0.39 is 0 Å². The van der Waals surface area contributed by atoms with Crippen molar-refractivity contribution in [3.63, 3.8) is 0 Å². The molecule has 1 aliphatic carbocycles. The normalized spacial score (nSPS) is 18.4. The SMILES string of the molecule is Cc1cc2c3c(c1)N1c4cc(C(C)(C)C)cc(c4)C(C)(C)CC(C)(C)c4ccc5sc(c1c5c4)B3c1ccc3c(c1N2c1ccc(C(C)(C)C)cc1-c1ccccc1)C(C)(C)CCC3(C)C. The monoisotopic (exact) mass is 885 g/mol. The molecule has 6 aromatic carbocycles. The fourth-order valence-electron chi connectivity index (χ4n) is 12.7. The molecule has 11 rings (SSSR count). The fraction of sp³-hybridized carbons (Fsp3) is 0.387. The summed E-state index contributed by atoms with van der Waals surface area (Å²) in [5.41, 5.74) is 23.0. The van der Waals surface area contributed by atoms with Gasteiger partial charge in [-0.2, -0.15) is 0 Å². The molecule has 0 atom stereocenters. The van der Waals surface area contributed by atoms with Gasteiger partial charge in [-0.05, 0) is 163 Å². The van der Waals surface area contributed by atoms with Crippen molar-refractivity contribution in [3.8, 4) is 11.1 Å². The molecule has 66 heavy (non-hydrogen) atoms. The first-order valence-electron chi connectivity index (χ1n) is 24.7. The second-order valence-electron chi connectivity index (χ2n) is 25.4. The van der Waals surface area contributed by atoms with Crippen LogP contribution in [0.3, 0.4) is 0 Å². The van der Waals surface area contributed by atoms with Crippen LogP contribution in [-0.4, -0.2) is 6.71 Å². The number of hydrogen-bond donors (Lipinski definition) is 0. The Hall–Kier alpha value is -5.06. The van der Waals surface area contributed by atoms with Gasteiger partial charge in [0.2, 0.25) is 0 Å². The van der Waals surface area contributed by atoms with E-state index in [1.807, 2.05) is 11.3 Å². The van der Waals surface area contributed by atoms with Crippen molar-refractivity contribution in [2.75, 3.05) is 9.80 Å². The van der Waals surface area contributed by atoms with E-state index in [-0.39, 0.29) is 39.2 Å². The lowest BCUT2D eigenvalue weighted by Gasteiger charge is -2.49. The van der Waals surface area contributed by atoms with Crippen molar-refractivity contribution in [1.82, 2.24) is 0 Å². The van der Waals surface area contributed by atoms with Crippen molar-refractivity contribution < 1.29 is 0 Å². The summed E-state index contributed by atoms with van der Waals surface area (Å²) < 4.78 is 2.83. The molecule has 1 aromatic heterocycles. The summed E-state index contributed by atoms with van der Waals surface area (Å²) in [6, 6.07) is 43.9.